The standard InChI is InChI=1S/C13H16ClN3O/c1-3-4-9(2)16-8-11-6-5-10(7-12(11)14)13(15)17-18/h1,5-7,9,16,18H,4,8H2,2H3,(H2,15,17). The van der Waals surface area contributed by atoms with Crippen molar-refractivity contribution in [2.24, 2.45) is 10.9 Å². The van der Waals surface area contributed by atoms with Gasteiger partial charge in [0.15, 0.2) is 5.84 Å². The van der Waals surface area contributed by atoms with Crippen LogP contribution in [-0.4, -0.2) is 17.1 Å². The number of rotatable bonds is 5. The Morgan fingerprint density at radius 2 is 2.39 bits per heavy atom. The van der Waals surface area contributed by atoms with Crippen LogP contribution in [0.3, 0.4) is 0 Å². The minimum Gasteiger partial charge on any atom is -0.409 e. The van der Waals surface area contributed by atoms with Crippen molar-refractivity contribution >= 4 is 17.4 Å². The molecular weight excluding hydrogens is 250 g/mol. The molecule has 0 aromatic heterocycles. The topological polar surface area (TPSA) is 70.6 Å². The number of hydrogen-bond acceptors (Lipinski definition) is 3. The van der Waals surface area contributed by atoms with Crippen molar-refractivity contribution in [1.82, 2.24) is 5.32 Å². The quantitative estimate of drug-likeness (QED) is 0.250. The van der Waals surface area contributed by atoms with Gasteiger partial charge < -0.3 is 16.3 Å². The van der Waals surface area contributed by atoms with Crippen molar-refractivity contribution in [2.45, 2.75) is 25.9 Å². The molecule has 1 aromatic rings. The van der Waals surface area contributed by atoms with Crippen molar-refractivity contribution in [1.29, 1.82) is 0 Å². The number of terminal acetylenes is 1. The van der Waals surface area contributed by atoms with Gasteiger partial charge in [-0.1, -0.05) is 28.9 Å². The lowest BCUT2D eigenvalue weighted by molar-refractivity contribution is 0.318. The highest BCUT2D eigenvalue weighted by Gasteiger charge is 2.06. The third kappa shape index (κ3) is 3.95. The van der Waals surface area contributed by atoms with Crippen LogP contribution in [0.15, 0.2) is 23.4 Å². The highest BCUT2D eigenvalue weighted by molar-refractivity contribution is 6.31. The zero-order chi connectivity index (χ0) is 13.5. The lowest BCUT2D eigenvalue weighted by Crippen LogP contribution is -2.25. The molecule has 0 radical (unpaired) electrons. The van der Waals surface area contributed by atoms with E-state index in [-0.39, 0.29) is 11.9 Å². The normalized spacial score (nSPS) is 13.1. The van der Waals surface area contributed by atoms with Crippen LogP contribution >= 0.6 is 11.6 Å². The van der Waals surface area contributed by atoms with E-state index in [0.717, 1.165) is 5.56 Å². The summed E-state index contributed by atoms with van der Waals surface area (Å²) in [5.74, 6) is 2.63. The molecule has 96 valence electrons. The molecule has 0 saturated carbocycles. The van der Waals surface area contributed by atoms with Gasteiger partial charge in [-0.15, -0.1) is 12.3 Å². The van der Waals surface area contributed by atoms with Gasteiger partial charge in [0.1, 0.15) is 0 Å². The number of benzene rings is 1. The van der Waals surface area contributed by atoms with Crippen LogP contribution in [0.2, 0.25) is 5.02 Å². The molecule has 1 rings (SSSR count). The van der Waals surface area contributed by atoms with Gasteiger partial charge in [-0.2, -0.15) is 0 Å². The Bertz CT molecular complexity index is 480. The molecule has 0 aliphatic heterocycles. The van der Waals surface area contributed by atoms with E-state index in [2.05, 4.69) is 16.4 Å². The minimum absolute atomic E-state index is 0.0390. The number of oxime groups is 1. The zero-order valence-electron chi connectivity index (χ0n) is 10.2. The Balaban J connectivity index is 2.72. The zero-order valence-corrected chi connectivity index (χ0v) is 10.9. The summed E-state index contributed by atoms with van der Waals surface area (Å²) in [4.78, 5) is 0. The Labute approximate surface area is 112 Å². The number of hydrogen-bond donors (Lipinski definition) is 3. The molecule has 0 heterocycles. The van der Waals surface area contributed by atoms with E-state index in [1.165, 1.54) is 0 Å². The van der Waals surface area contributed by atoms with Crippen LogP contribution in [0.5, 0.6) is 0 Å². The number of nitrogens with one attached hydrogen (secondary N) is 1. The maximum Gasteiger partial charge on any atom is 0.170 e. The van der Waals surface area contributed by atoms with Gasteiger partial charge in [0.25, 0.3) is 0 Å². The van der Waals surface area contributed by atoms with Gasteiger partial charge in [0, 0.05) is 29.6 Å². The third-order valence-corrected chi connectivity index (χ3v) is 2.87. The molecule has 0 bridgehead atoms. The van der Waals surface area contributed by atoms with E-state index in [9.17, 15) is 0 Å². The molecule has 0 spiro atoms. The van der Waals surface area contributed by atoms with Crippen molar-refractivity contribution < 1.29 is 5.21 Å². The molecular formula is C13H16ClN3O. The van der Waals surface area contributed by atoms with E-state index >= 15 is 0 Å². The molecule has 5 heteroatoms. The predicted octanol–water partition coefficient (Wildman–Crippen LogP) is 1.94. The van der Waals surface area contributed by atoms with Crippen LogP contribution in [0.4, 0.5) is 0 Å². The average molecular weight is 266 g/mol. The molecule has 0 amide bonds. The molecule has 0 saturated heterocycles. The van der Waals surface area contributed by atoms with E-state index < -0.39 is 0 Å². The molecule has 1 unspecified atom stereocenters. The fourth-order valence-electron chi connectivity index (χ4n) is 1.44. The average Bonchev–Trinajstić information content (AvgIpc) is 2.36. The molecule has 18 heavy (non-hydrogen) atoms. The summed E-state index contributed by atoms with van der Waals surface area (Å²) >= 11 is 6.12. The second-order valence-electron chi connectivity index (χ2n) is 3.98. The van der Waals surface area contributed by atoms with Crippen LogP contribution < -0.4 is 11.1 Å². The summed E-state index contributed by atoms with van der Waals surface area (Å²) in [5.41, 5.74) is 7.00. The molecule has 0 fully saturated rings. The first-order chi connectivity index (χ1) is 8.58. The molecule has 0 aliphatic rings. The SMILES string of the molecule is C#CCC(C)NCc1ccc(/C(N)=N/O)cc1Cl. The molecule has 0 aliphatic carbocycles. The first-order valence-corrected chi connectivity index (χ1v) is 5.89. The van der Waals surface area contributed by atoms with Crippen LogP contribution in [0.1, 0.15) is 24.5 Å². The Kier molecular flexibility index (Phi) is 5.50. The van der Waals surface area contributed by atoms with E-state index in [1.807, 2.05) is 13.0 Å². The number of nitrogens with zero attached hydrogens (tertiary/aromatic N) is 1. The number of nitrogens with two attached hydrogens (primary N) is 1. The largest absolute Gasteiger partial charge is 0.409 e. The Hall–Kier alpha value is -1.70. The molecule has 4 N–H and O–H groups in total. The second kappa shape index (κ2) is 6.90. The highest BCUT2D eigenvalue weighted by Crippen LogP contribution is 2.18. The maximum atomic E-state index is 8.57. The van der Waals surface area contributed by atoms with Gasteiger partial charge in [-0.3, -0.25) is 0 Å². The Morgan fingerprint density at radius 3 is 2.94 bits per heavy atom. The number of amidine groups is 1. The predicted molar refractivity (Wildman–Crippen MR) is 73.7 cm³/mol. The summed E-state index contributed by atoms with van der Waals surface area (Å²) in [6.07, 6.45) is 5.90. The monoisotopic (exact) mass is 265 g/mol. The summed E-state index contributed by atoms with van der Waals surface area (Å²) in [5, 5.41) is 15.3. The summed E-state index contributed by atoms with van der Waals surface area (Å²) < 4.78 is 0. The van der Waals surface area contributed by atoms with Crippen molar-refractivity contribution in [3.8, 4) is 12.3 Å². The third-order valence-electron chi connectivity index (χ3n) is 2.52. The van der Waals surface area contributed by atoms with Crippen LogP contribution in [-0.2, 0) is 6.54 Å². The van der Waals surface area contributed by atoms with Gasteiger partial charge in [-0.05, 0) is 18.6 Å². The minimum atomic E-state index is 0.0390. The second-order valence-corrected chi connectivity index (χ2v) is 4.39. The van der Waals surface area contributed by atoms with Gasteiger partial charge >= 0.3 is 0 Å². The molecule has 1 atom stereocenters. The summed E-state index contributed by atoms with van der Waals surface area (Å²) in [7, 11) is 0. The van der Waals surface area contributed by atoms with Gasteiger partial charge in [0.2, 0.25) is 0 Å². The van der Waals surface area contributed by atoms with Crippen molar-refractivity contribution in [2.75, 3.05) is 0 Å². The first kappa shape index (κ1) is 14.4. The fraction of sp³-hybridized carbons (Fsp3) is 0.308. The summed E-state index contributed by atoms with van der Waals surface area (Å²) in [6.45, 7) is 2.64. The Morgan fingerprint density at radius 1 is 1.67 bits per heavy atom. The van der Waals surface area contributed by atoms with E-state index in [0.29, 0.717) is 23.6 Å². The lowest BCUT2D eigenvalue weighted by atomic mass is 10.1. The van der Waals surface area contributed by atoms with Gasteiger partial charge in [-0.25, -0.2) is 0 Å². The lowest BCUT2D eigenvalue weighted by Gasteiger charge is -2.12. The first-order valence-electron chi connectivity index (χ1n) is 5.51. The van der Waals surface area contributed by atoms with E-state index in [1.54, 1.807) is 12.1 Å². The fourth-order valence-corrected chi connectivity index (χ4v) is 1.69. The van der Waals surface area contributed by atoms with Gasteiger partial charge in [0.05, 0.1) is 0 Å². The molecule has 1 aromatic carbocycles. The summed E-state index contributed by atoms with van der Waals surface area (Å²) in [6, 6.07) is 5.49. The van der Waals surface area contributed by atoms with Crippen LogP contribution in [0.25, 0.3) is 0 Å². The smallest absolute Gasteiger partial charge is 0.170 e. The van der Waals surface area contributed by atoms with Crippen molar-refractivity contribution in [3.05, 3.63) is 34.3 Å². The van der Waals surface area contributed by atoms with E-state index in [4.69, 9.17) is 29.0 Å². The van der Waals surface area contributed by atoms with Crippen molar-refractivity contribution in [3.63, 3.8) is 0 Å². The number of halogens is 1. The van der Waals surface area contributed by atoms with Crippen LogP contribution in [0, 0.1) is 12.3 Å². The maximum absolute atomic E-state index is 8.57. The highest BCUT2D eigenvalue weighted by atomic mass is 35.5. The molecule has 4 nitrogen and oxygen atoms in total.